The first-order valence-corrected chi connectivity index (χ1v) is 9.73. The molecular formula is C21H18Si. The van der Waals surface area contributed by atoms with Gasteiger partial charge >= 0.3 is 0 Å². The van der Waals surface area contributed by atoms with Gasteiger partial charge in [-0.2, -0.15) is 0 Å². The van der Waals surface area contributed by atoms with Crippen molar-refractivity contribution in [2.45, 2.75) is 6.92 Å². The first kappa shape index (κ1) is 13.3. The first-order chi connectivity index (χ1) is 10.8. The normalized spacial score (nSPS) is 15.2. The van der Waals surface area contributed by atoms with E-state index in [1.54, 1.807) is 0 Å². The van der Waals surface area contributed by atoms with E-state index in [9.17, 15) is 0 Å². The molecule has 106 valence electrons. The molecule has 0 N–H and O–H groups in total. The quantitative estimate of drug-likeness (QED) is 0.638. The Hall–Kier alpha value is -2.38. The Bertz CT molecular complexity index is 793. The first-order valence-electron chi connectivity index (χ1n) is 7.73. The minimum atomic E-state index is -2.05. The fourth-order valence-corrected chi connectivity index (χ4v) is 8.81. The predicted octanol–water partition coefficient (Wildman–Crippen LogP) is 3.11. The molecule has 0 saturated carbocycles. The number of allylic oxidation sites excluding steroid dienone is 1. The van der Waals surface area contributed by atoms with Gasteiger partial charge < -0.3 is 0 Å². The Morgan fingerprint density at radius 2 is 1.09 bits per heavy atom. The van der Waals surface area contributed by atoms with E-state index >= 15 is 0 Å². The Balaban J connectivity index is 2.10. The van der Waals surface area contributed by atoms with Crippen LogP contribution in [0.1, 0.15) is 12.5 Å². The smallest absolute Gasteiger partial charge is 0.0699 e. The molecule has 1 aliphatic rings. The largest absolute Gasteiger partial charge is 0.175 e. The highest BCUT2D eigenvalue weighted by Crippen LogP contribution is 2.26. The maximum absolute atomic E-state index is 2.39. The fourth-order valence-electron chi connectivity index (χ4n) is 3.83. The highest BCUT2D eigenvalue weighted by molar-refractivity contribution is 7.17. The van der Waals surface area contributed by atoms with Gasteiger partial charge in [0.1, 0.15) is 0 Å². The standard InChI is InChI=1S/C21H18Si/c1-17-16-18-10-8-9-15-21(18)22(17,19-11-4-2-5-12-19)20-13-6-3-7-14-20/h2-16H,1H3. The molecule has 4 rings (SSSR count). The number of hydrogen-bond acceptors (Lipinski definition) is 0. The number of benzene rings is 3. The second kappa shape index (κ2) is 5.11. The van der Waals surface area contributed by atoms with Gasteiger partial charge in [-0.25, -0.2) is 0 Å². The van der Waals surface area contributed by atoms with E-state index in [4.69, 9.17) is 0 Å². The third-order valence-corrected chi connectivity index (χ3v) is 9.73. The van der Waals surface area contributed by atoms with Crippen LogP contribution in [0.4, 0.5) is 0 Å². The second-order valence-corrected chi connectivity index (χ2v) is 9.88. The van der Waals surface area contributed by atoms with Crippen molar-refractivity contribution in [3.63, 3.8) is 0 Å². The lowest BCUT2D eigenvalue weighted by molar-refractivity contribution is 1.63. The van der Waals surface area contributed by atoms with Crippen LogP contribution in [0.5, 0.6) is 0 Å². The molecule has 1 heteroatoms. The van der Waals surface area contributed by atoms with Crippen LogP contribution in [0.3, 0.4) is 0 Å². The van der Waals surface area contributed by atoms with Gasteiger partial charge in [0.2, 0.25) is 0 Å². The number of hydrogen-bond donors (Lipinski definition) is 0. The summed E-state index contributed by atoms with van der Waals surface area (Å²) in [4.78, 5) is 0. The molecule has 3 aromatic rings. The highest BCUT2D eigenvalue weighted by atomic mass is 28.3. The Morgan fingerprint density at radius 3 is 1.68 bits per heavy atom. The third kappa shape index (κ3) is 1.76. The van der Waals surface area contributed by atoms with Crippen LogP contribution < -0.4 is 15.6 Å². The van der Waals surface area contributed by atoms with Crippen LogP contribution in [0.15, 0.2) is 90.1 Å². The zero-order chi connectivity index (χ0) is 15.0. The Kier molecular flexibility index (Phi) is 3.09. The van der Waals surface area contributed by atoms with Gasteiger partial charge in [0.15, 0.2) is 8.07 Å². The third-order valence-electron chi connectivity index (χ3n) is 4.74. The van der Waals surface area contributed by atoms with Crippen molar-refractivity contribution < 1.29 is 0 Å². The van der Waals surface area contributed by atoms with Crippen molar-refractivity contribution in [1.82, 2.24) is 0 Å². The van der Waals surface area contributed by atoms with E-state index in [2.05, 4.69) is 97.9 Å². The topological polar surface area (TPSA) is 0 Å². The zero-order valence-electron chi connectivity index (χ0n) is 12.7. The van der Waals surface area contributed by atoms with Crippen molar-refractivity contribution in [3.8, 4) is 0 Å². The maximum Gasteiger partial charge on any atom is 0.175 e. The molecule has 0 fully saturated rings. The molecule has 0 radical (unpaired) electrons. The van der Waals surface area contributed by atoms with Gasteiger partial charge in [-0.15, -0.1) is 0 Å². The highest BCUT2D eigenvalue weighted by Gasteiger charge is 2.45. The van der Waals surface area contributed by atoms with Gasteiger partial charge in [0.25, 0.3) is 0 Å². The van der Waals surface area contributed by atoms with Gasteiger partial charge in [-0.3, -0.25) is 0 Å². The van der Waals surface area contributed by atoms with Crippen molar-refractivity contribution in [3.05, 3.63) is 95.7 Å². The molecule has 0 bridgehead atoms. The summed E-state index contributed by atoms with van der Waals surface area (Å²) in [5.41, 5.74) is 1.39. The summed E-state index contributed by atoms with van der Waals surface area (Å²) < 4.78 is 0. The minimum Gasteiger partial charge on any atom is -0.0699 e. The van der Waals surface area contributed by atoms with E-state index in [0.717, 1.165) is 0 Å². The van der Waals surface area contributed by atoms with Crippen LogP contribution in [0, 0.1) is 0 Å². The van der Waals surface area contributed by atoms with Crippen LogP contribution in [-0.2, 0) is 0 Å². The lowest BCUT2D eigenvalue weighted by Crippen LogP contribution is -2.67. The molecule has 0 saturated heterocycles. The molecule has 1 aliphatic heterocycles. The molecule has 0 amide bonds. The van der Waals surface area contributed by atoms with Crippen LogP contribution in [0.2, 0.25) is 0 Å². The average Bonchev–Trinajstić information content (AvgIpc) is 2.89. The molecular weight excluding hydrogens is 280 g/mol. The zero-order valence-corrected chi connectivity index (χ0v) is 13.7. The average molecular weight is 298 g/mol. The molecule has 0 nitrogen and oxygen atoms in total. The summed E-state index contributed by atoms with van der Waals surface area (Å²) >= 11 is 0. The molecule has 0 aromatic heterocycles. The van der Waals surface area contributed by atoms with Crippen molar-refractivity contribution >= 4 is 29.7 Å². The van der Waals surface area contributed by atoms with E-state index in [0.29, 0.717) is 0 Å². The van der Waals surface area contributed by atoms with Gasteiger partial charge in [0.05, 0.1) is 0 Å². The molecule has 1 heterocycles. The summed E-state index contributed by atoms with van der Waals surface area (Å²) in [7, 11) is -2.05. The van der Waals surface area contributed by atoms with Crippen LogP contribution in [0.25, 0.3) is 6.08 Å². The van der Waals surface area contributed by atoms with E-state index < -0.39 is 8.07 Å². The molecule has 0 spiro atoms. The molecule has 3 aromatic carbocycles. The van der Waals surface area contributed by atoms with E-state index in [-0.39, 0.29) is 0 Å². The van der Waals surface area contributed by atoms with Crippen LogP contribution >= 0.6 is 0 Å². The minimum absolute atomic E-state index is 1.39. The van der Waals surface area contributed by atoms with Crippen LogP contribution in [-0.4, -0.2) is 8.07 Å². The SMILES string of the molecule is CC1=Cc2ccccc2[Si]1(c1ccccc1)c1ccccc1. The fraction of sp³-hybridized carbons (Fsp3) is 0.0476. The monoisotopic (exact) mass is 298 g/mol. The summed E-state index contributed by atoms with van der Waals surface area (Å²) in [5.74, 6) is 0. The Labute approximate surface area is 132 Å². The molecule has 0 unspecified atom stereocenters. The maximum atomic E-state index is 2.39. The van der Waals surface area contributed by atoms with E-state index in [1.807, 2.05) is 0 Å². The summed E-state index contributed by atoms with van der Waals surface area (Å²) in [6.45, 7) is 2.31. The molecule has 0 atom stereocenters. The lowest BCUT2D eigenvalue weighted by Gasteiger charge is -2.31. The summed E-state index contributed by atoms with van der Waals surface area (Å²) in [6, 6.07) is 31.0. The van der Waals surface area contributed by atoms with Gasteiger partial charge in [-0.05, 0) is 28.0 Å². The van der Waals surface area contributed by atoms with E-state index in [1.165, 1.54) is 26.3 Å². The number of fused-ring (bicyclic) bond motifs is 1. The predicted molar refractivity (Wildman–Crippen MR) is 97.6 cm³/mol. The molecule has 0 aliphatic carbocycles. The van der Waals surface area contributed by atoms with Crippen molar-refractivity contribution in [2.24, 2.45) is 0 Å². The lowest BCUT2D eigenvalue weighted by atomic mass is 10.2. The summed E-state index contributed by atoms with van der Waals surface area (Å²) in [5, 5.41) is 5.98. The Morgan fingerprint density at radius 1 is 0.591 bits per heavy atom. The molecule has 22 heavy (non-hydrogen) atoms. The second-order valence-electron chi connectivity index (χ2n) is 5.90. The van der Waals surface area contributed by atoms with Crippen molar-refractivity contribution in [2.75, 3.05) is 0 Å². The summed E-state index contributed by atoms with van der Waals surface area (Å²) in [6.07, 6.45) is 2.39. The van der Waals surface area contributed by atoms with Gasteiger partial charge in [0, 0.05) is 0 Å². The van der Waals surface area contributed by atoms with Crippen molar-refractivity contribution in [1.29, 1.82) is 0 Å². The van der Waals surface area contributed by atoms with Gasteiger partial charge in [-0.1, -0.05) is 96.2 Å². The number of rotatable bonds is 2.